The van der Waals surface area contributed by atoms with Crippen LogP contribution in [0.2, 0.25) is 0 Å². The van der Waals surface area contributed by atoms with Crippen molar-refractivity contribution in [2.24, 2.45) is 0 Å². The molecule has 2 amide bonds. The number of carbonyl (C=O) groups is 2. The van der Waals surface area contributed by atoms with Crippen LogP contribution in [-0.2, 0) is 16.1 Å². The van der Waals surface area contributed by atoms with Gasteiger partial charge in [0.2, 0.25) is 0 Å². The van der Waals surface area contributed by atoms with Crippen LogP contribution in [0, 0.1) is 5.82 Å². The number of amides is 2. The van der Waals surface area contributed by atoms with Gasteiger partial charge in [0.1, 0.15) is 17.3 Å². The van der Waals surface area contributed by atoms with Crippen molar-refractivity contribution in [1.82, 2.24) is 9.80 Å². The zero-order valence-electron chi connectivity index (χ0n) is 16.4. The summed E-state index contributed by atoms with van der Waals surface area (Å²) in [7, 11) is 0. The predicted octanol–water partition coefficient (Wildman–Crippen LogP) is 3.60. The highest BCUT2D eigenvalue weighted by Gasteiger charge is 2.42. The third-order valence-electron chi connectivity index (χ3n) is 5.31. The minimum Gasteiger partial charge on any atom is -0.494 e. The van der Waals surface area contributed by atoms with E-state index in [0.29, 0.717) is 34.8 Å². The molecule has 0 unspecified atom stereocenters. The Balaban J connectivity index is 1.71. The number of rotatable bonds is 6. The number of carbonyl (C=O) groups excluding carboxylic acids is 2. The van der Waals surface area contributed by atoms with Crippen LogP contribution < -0.4 is 4.74 Å². The quantitative estimate of drug-likeness (QED) is 0.703. The number of imide groups is 1. The average molecular weight is 394 g/mol. The zero-order chi connectivity index (χ0) is 20.4. The van der Waals surface area contributed by atoms with Crippen molar-refractivity contribution < 1.29 is 18.7 Å². The third-order valence-corrected chi connectivity index (χ3v) is 5.31. The van der Waals surface area contributed by atoms with Gasteiger partial charge in [-0.25, -0.2) is 4.39 Å². The van der Waals surface area contributed by atoms with Crippen LogP contribution in [0.15, 0.2) is 54.2 Å². The number of ether oxygens (including phenoxy) is 1. The van der Waals surface area contributed by atoms with Crippen LogP contribution in [-0.4, -0.2) is 41.3 Å². The van der Waals surface area contributed by atoms with E-state index in [4.69, 9.17) is 4.74 Å². The maximum Gasteiger partial charge on any atom is 0.278 e. The predicted molar refractivity (Wildman–Crippen MR) is 107 cm³/mol. The molecule has 0 aliphatic carbocycles. The van der Waals surface area contributed by atoms with Gasteiger partial charge in [0.05, 0.1) is 18.7 Å². The van der Waals surface area contributed by atoms with Gasteiger partial charge in [-0.1, -0.05) is 30.3 Å². The summed E-state index contributed by atoms with van der Waals surface area (Å²) in [6.07, 6.45) is 1.96. The number of hydrogen-bond acceptors (Lipinski definition) is 4. The van der Waals surface area contributed by atoms with Crippen LogP contribution in [0.5, 0.6) is 5.75 Å². The highest BCUT2D eigenvalue weighted by atomic mass is 19.1. The topological polar surface area (TPSA) is 49.9 Å². The Hall–Kier alpha value is -3.15. The lowest BCUT2D eigenvalue weighted by atomic mass is 10.0. The monoisotopic (exact) mass is 394 g/mol. The molecule has 2 aliphatic rings. The second kappa shape index (κ2) is 8.07. The maximum absolute atomic E-state index is 14.1. The summed E-state index contributed by atoms with van der Waals surface area (Å²) in [4.78, 5) is 29.6. The van der Waals surface area contributed by atoms with E-state index in [1.165, 1.54) is 6.07 Å². The van der Waals surface area contributed by atoms with Crippen molar-refractivity contribution in [3.8, 4) is 5.75 Å². The molecule has 6 heteroatoms. The molecule has 0 atom stereocenters. The molecule has 0 saturated carbocycles. The molecule has 5 nitrogen and oxygen atoms in total. The molecule has 2 heterocycles. The van der Waals surface area contributed by atoms with Gasteiger partial charge >= 0.3 is 0 Å². The van der Waals surface area contributed by atoms with E-state index in [0.717, 1.165) is 30.8 Å². The largest absolute Gasteiger partial charge is 0.494 e. The molecule has 0 aromatic heterocycles. The number of benzene rings is 2. The van der Waals surface area contributed by atoms with E-state index < -0.39 is 5.82 Å². The van der Waals surface area contributed by atoms with Gasteiger partial charge in [0.15, 0.2) is 0 Å². The van der Waals surface area contributed by atoms with Gasteiger partial charge in [0, 0.05) is 18.7 Å². The van der Waals surface area contributed by atoms with Crippen molar-refractivity contribution in [2.75, 3.05) is 19.7 Å². The zero-order valence-corrected chi connectivity index (χ0v) is 16.4. The Bertz CT molecular complexity index is 962. The molecule has 150 valence electrons. The van der Waals surface area contributed by atoms with Crippen molar-refractivity contribution in [2.45, 2.75) is 26.3 Å². The fourth-order valence-electron chi connectivity index (χ4n) is 3.88. The summed E-state index contributed by atoms with van der Waals surface area (Å²) in [6.45, 7) is 3.85. The number of likely N-dealkylation sites (tertiary alicyclic amines) is 1. The first-order valence-electron chi connectivity index (χ1n) is 9.92. The molecule has 1 fully saturated rings. The summed E-state index contributed by atoms with van der Waals surface area (Å²) < 4.78 is 19.6. The van der Waals surface area contributed by atoms with E-state index >= 15 is 0 Å². The first-order valence-corrected chi connectivity index (χ1v) is 9.92. The Morgan fingerprint density at radius 3 is 2.31 bits per heavy atom. The molecule has 2 aliphatic heterocycles. The molecule has 0 bridgehead atoms. The fraction of sp³-hybridized carbons (Fsp3) is 0.304. The molecular weight excluding hydrogens is 371 g/mol. The van der Waals surface area contributed by atoms with E-state index in [9.17, 15) is 14.0 Å². The summed E-state index contributed by atoms with van der Waals surface area (Å²) >= 11 is 0. The van der Waals surface area contributed by atoms with Gasteiger partial charge < -0.3 is 9.64 Å². The number of halogens is 1. The van der Waals surface area contributed by atoms with Crippen molar-refractivity contribution >= 4 is 17.4 Å². The normalized spacial score (nSPS) is 16.9. The van der Waals surface area contributed by atoms with Crippen molar-refractivity contribution in [1.29, 1.82) is 0 Å². The number of hydrogen-bond donors (Lipinski definition) is 0. The molecule has 1 saturated heterocycles. The van der Waals surface area contributed by atoms with E-state index in [-0.39, 0.29) is 18.4 Å². The Labute approximate surface area is 169 Å². The molecule has 0 spiro atoms. The molecule has 0 radical (unpaired) electrons. The van der Waals surface area contributed by atoms with Crippen LogP contribution in [0.1, 0.15) is 30.9 Å². The Morgan fingerprint density at radius 1 is 0.966 bits per heavy atom. The van der Waals surface area contributed by atoms with Gasteiger partial charge in [-0.15, -0.1) is 0 Å². The smallest absolute Gasteiger partial charge is 0.278 e. The van der Waals surface area contributed by atoms with Crippen LogP contribution in [0.3, 0.4) is 0 Å². The molecule has 4 rings (SSSR count). The lowest BCUT2D eigenvalue weighted by Crippen LogP contribution is -2.34. The van der Waals surface area contributed by atoms with Crippen LogP contribution in [0.25, 0.3) is 5.57 Å². The Morgan fingerprint density at radius 2 is 1.66 bits per heavy atom. The standard InChI is InChI=1S/C23H23FN2O3/c1-2-29-18-11-9-16(10-12-18)20-21(25-13-5-6-14-25)23(28)26(22(20)27)15-17-7-3-4-8-19(17)24/h3-4,7-12H,2,5-6,13-15H2,1H3. The summed E-state index contributed by atoms with van der Waals surface area (Å²) in [6, 6.07) is 13.4. The second-order valence-corrected chi connectivity index (χ2v) is 7.16. The average Bonchev–Trinajstić information content (AvgIpc) is 3.33. The van der Waals surface area contributed by atoms with Crippen LogP contribution in [0.4, 0.5) is 4.39 Å². The van der Waals surface area contributed by atoms with E-state index in [1.54, 1.807) is 42.5 Å². The summed E-state index contributed by atoms with van der Waals surface area (Å²) in [5, 5.41) is 0. The van der Waals surface area contributed by atoms with Gasteiger partial charge in [0.25, 0.3) is 11.8 Å². The van der Waals surface area contributed by atoms with Crippen LogP contribution >= 0.6 is 0 Å². The fourth-order valence-corrected chi connectivity index (χ4v) is 3.88. The lowest BCUT2D eigenvalue weighted by molar-refractivity contribution is -0.138. The van der Waals surface area contributed by atoms with E-state index in [1.807, 2.05) is 11.8 Å². The van der Waals surface area contributed by atoms with E-state index in [2.05, 4.69) is 0 Å². The lowest BCUT2D eigenvalue weighted by Gasteiger charge is -2.20. The van der Waals surface area contributed by atoms with Gasteiger partial charge in [-0.05, 0) is 43.5 Å². The summed E-state index contributed by atoms with van der Waals surface area (Å²) in [5.74, 6) is -0.460. The van der Waals surface area contributed by atoms with Crippen molar-refractivity contribution in [3.63, 3.8) is 0 Å². The minimum absolute atomic E-state index is 0.0811. The van der Waals surface area contributed by atoms with Crippen molar-refractivity contribution in [3.05, 3.63) is 71.2 Å². The first-order chi connectivity index (χ1) is 14.1. The number of nitrogens with zero attached hydrogens (tertiary/aromatic N) is 2. The highest BCUT2D eigenvalue weighted by molar-refractivity contribution is 6.35. The molecule has 2 aromatic rings. The summed E-state index contributed by atoms with van der Waals surface area (Å²) in [5.41, 5.74) is 1.80. The Kier molecular flexibility index (Phi) is 5.34. The van der Waals surface area contributed by atoms with Gasteiger partial charge in [-0.2, -0.15) is 0 Å². The first kappa shape index (κ1) is 19.2. The van der Waals surface area contributed by atoms with Gasteiger partial charge in [-0.3, -0.25) is 14.5 Å². The highest BCUT2D eigenvalue weighted by Crippen LogP contribution is 2.35. The molecule has 0 N–H and O–H groups in total. The molecular formula is C23H23FN2O3. The third kappa shape index (κ3) is 3.62. The molecule has 29 heavy (non-hydrogen) atoms. The SMILES string of the molecule is CCOc1ccc(C2=C(N3CCCC3)C(=O)N(Cc3ccccc3F)C2=O)cc1. The molecule has 2 aromatic carbocycles. The second-order valence-electron chi connectivity index (χ2n) is 7.16. The minimum atomic E-state index is -0.426. The maximum atomic E-state index is 14.1.